The second-order valence-electron chi connectivity index (χ2n) is 13.3. The first-order valence-electron chi connectivity index (χ1n) is 17.8. The molecule has 1 aliphatic rings. The maximum absolute atomic E-state index is 11.7. The van der Waals surface area contributed by atoms with E-state index in [2.05, 4.69) is 36.4 Å². The van der Waals surface area contributed by atoms with Crippen LogP contribution < -0.4 is 14.2 Å². The Labute approximate surface area is 326 Å². The molecule has 10 nitrogen and oxygen atoms in total. The number of allylic oxidation sites excluding steroid dienone is 2. The van der Waals surface area contributed by atoms with Crippen LogP contribution in [0.15, 0.2) is 119 Å². The molecule has 0 amide bonds. The van der Waals surface area contributed by atoms with E-state index in [1.54, 1.807) is 22.7 Å². The monoisotopic (exact) mass is 813 g/mol. The SMILES string of the molecule is CCC(/C=C1\Oc2ccc(-c3cc4ccccc4s3)cc2N1CCCS(=O)(=O)O)=C\c1oc2ccc(-c3cc4ccccc4s3)cc2[n+]1CCCS(=O)(=O)O. The molecule has 0 saturated carbocycles. The quantitative estimate of drug-likeness (QED) is 0.0861. The number of benzene rings is 4. The zero-order valence-corrected chi connectivity index (χ0v) is 33.0. The molecule has 7 aromatic rings. The average molecular weight is 814 g/mol. The molecule has 0 saturated heterocycles. The molecule has 0 bridgehead atoms. The van der Waals surface area contributed by atoms with E-state index in [0.717, 1.165) is 48.4 Å². The number of aromatic nitrogens is 1. The van der Waals surface area contributed by atoms with Gasteiger partial charge in [-0.2, -0.15) is 21.4 Å². The van der Waals surface area contributed by atoms with Crippen molar-refractivity contribution in [2.75, 3.05) is 23.0 Å². The third-order valence-electron chi connectivity index (χ3n) is 9.47. The summed E-state index contributed by atoms with van der Waals surface area (Å²) in [6, 6.07) is 32.6. The summed E-state index contributed by atoms with van der Waals surface area (Å²) >= 11 is 3.38. The van der Waals surface area contributed by atoms with E-state index in [-0.39, 0.29) is 25.9 Å². The summed E-state index contributed by atoms with van der Waals surface area (Å²) in [6.45, 7) is 2.54. The third-order valence-corrected chi connectivity index (χ3v) is 13.4. The van der Waals surface area contributed by atoms with Gasteiger partial charge in [-0.05, 0) is 94.9 Å². The summed E-state index contributed by atoms with van der Waals surface area (Å²) in [6.07, 6.45) is 4.69. The fraction of sp³-hybridized carbons (Fsp3) is 0.195. The van der Waals surface area contributed by atoms with Crippen LogP contribution in [-0.2, 0) is 26.8 Å². The molecule has 4 heterocycles. The van der Waals surface area contributed by atoms with Crippen LogP contribution in [-0.4, -0.2) is 44.0 Å². The predicted molar refractivity (Wildman–Crippen MR) is 221 cm³/mol. The van der Waals surface area contributed by atoms with Crippen molar-refractivity contribution in [2.45, 2.75) is 32.7 Å². The van der Waals surface area contributed by atoms with Crippen LogP contribution in [0.3, 0.4) is 0 Å². The highest BCUT2D eigenvalue weighted by Crippen LogP contribution is 2.44. The molecule has 0 atom stereocenters. The lowest BCUT2D eigenvalue weighted by molar-refractivity contribution is -0.677. The largest absolute Gasteiger partial charge is 0.439 e. The van der Waals surface area contributed by atoms with E-state index in [4.69, 9.17) is 9.15 Å². The van der Waals surface area contributed by atoms with Crippen LogP contribution in [0.2, 0.25) is 0 Å². The average Bonchev–Trinajstić information content (AvgIpc) is 3.93. The summed E-state index contributed by atoms with van der Waals surface area (Å²) in [7, 11) is -8.34. The van der Waals surface area contributed by atoms with Gasteiger partial charge in [-0.3, -0.25) is 9.11 Å². The number of oxazole rings is 1. The van der Waals surface area contributed by atoms with Gasteiger partial charge in [-0.15, -0.1) is 22.7 Å². The Balaban J connectivity index is 1.17. The summed E-state index contributed by atoms with van der Waals surface area (Å²) in [5.41, 5.74) is 5.02. The zero-order valence-electron chi connectivity index (χ0n) is 29.7. The molecular weight excluding hydrogens is 777 g/mol. The number of nitrogens with zero attached hydrogens (tertiary/aromatic N) is 2. The van der Waals surface area contributed by atoms with Crippen molar-refractivity contribution in [1.82, 2.24) is 0 Å². The standard InChI is InChI=1S/C41H36N2O8S4/c1-2-27(21-40-42(17-7-19-54(44,45)46)32-23-30(13-15-34(32)50-40)38-25-28-9-3-5-11-36(28)52-38)22-41-43(18-8-20-55(47,48)49)33-24-31(14-16-35(33)51-41)39-26-29-10-4-6-12-37(29)53-39/h3-6,9-16,21-26H,2,7-8,17-20H2,1H3,(H-,44,45,46,47,48,49)/p+1. The van der Waals surface area contributed by atoms with E-state index in [0.29, 0.717) is 29.5 Å². The van der Waals surface area contributed by atoms with Gasteiger partial charge in [-0.25, -0.2) is 0 Å². The van der Waals surface area contributed by atoms with Gasteiger partial charge in [-0.1, -0.05) is 43.3 Å². The molecule has 55 heavy (non-hydrogen) atoms. The second kappa shape index (κ2) is 15.0. The molecule has 0 radical (unpaired) electrons. The van der Waals surface area contributed by atoms with E-state index in [1.807, 2.05) is 89.2 Å². The molecule has 14 heteroatoms. The third kappa shape index (κ3) is 8.25. The Bertz CT molecular complexity index is 2800. The molecule has 0 aliphatic carbocycles. The van der Waals surface area contributed by atoms with Gasteiger partial charge in [0.25, 0.3) is 25.8 Å². The molecule has 2 N–H and O–H groups in total. The van der Waals surface area contributed by atoms with Gasteiger partial charge in [0, 0.05) is 44.3 Å². The van der Waals surface area contributed by atoms with Crippen LogP contribution in [0.25, 0.3) is 58.2 Å². The van der Waals surface area contributed by atoms with Gasteiger partial charge >= 0.3 is 5.89 Å². The number of ether oxygens (including phenoxy) is 1. The summed E-state index contributed by atoms with van der Waals surface area (Å²) < 4.78 is 82.9. The highest BCUT2D eigenvalue weighted by atomic mass is 32.2. The Hall–Kier alpha value is -4.83. The molecular formula is C41H37N2O8S4+. The molecule has 0 spiro atoms. The maximum atomic E-state index is 11.7. The van der Waals surface area contributed by atoms with E-state index >= 15 is 0 Å². The lowest BCUT2D eigenvalue weighted by Crippen LogP contribution is -2.36. The lowest BCUT2D eigenvalue weighted by Gasteiger charge is -2.18. The zero-order chi connectivity index (χ0) is 38.3. The van der Waals surface area contributed by atoms with Gasteiger partial charge in [0.1, 0.15) is 0 Å². The van der Waals surface area contributed by atoms with Crippen LogP contribution in [0, 0.1) is 0 Å². The number of aryl methyl sites for hydroxylation is 1. The smallest absolute Gasteiger partial charge is 0.374 e. The normalized spacial score (nSPS) is 14.4. The molecule has 3 aromatic heterocycles. The minimum atomic E-state index is -4.17. The van der Waals surface area contributed by atoms with E-state index in [1.165, 1.54) is 9.40 Å². The Kier molecular flexibility index (Phi) is 10.1. The van der Waals surface area contributed by atoms with Gasteiger partial charge in [0.15, 0.2) is 12.3 Å². The fourth-order valence-electron chi connectivity index (χ4n) is 6.81. The second-order valence-corrected chi connectivity index (χ2v) is 18.7. The van der Waals surface area contributed by atoms with Crippen molar-refractivity contribution < 1.29 is 39.7 Å². The number of fused-ring (bicyclic) bond motifs is 4. The molecule has 8 rings (SSSR count). The van der Waals surface area contributed by atoms with Crippen LogP contribution in [0.4, 0.5) is 5.69 Å². The van der Waals surface area contributed by atoms with E-state index < -0.39 is 31.7 Å². The molecule has 1 aliphatic heterocycles. The maximum Gasteiger partial charge on any atom is 0.374 e. The number of rotatable bonds is 13. The fourth-order valence-corrected chi connectivity index (χ4v) is 9.91. The van der Waals surface area contributed by atoms with Crippen molar-refractivity contribution in [2.24, 2.45) is 0 Å². The first-order valence-corrected chi connectivity index (χ1v) is 22.6. The first kappa shape index (κ1) is 37.1. The topological polar surface area (TPSA) is 138 Å². The van der Waals surface area contributed by atoms with E-state index in [9.17, 15) is 25.9 Å². The minimum Gasteiger partial charge on any atom is -0.439 e. The van der Waals surface area contributed by atoms with Crippen LogP contribution in [0.5, 0.6) is 5.75 Å². The first-order chi connectivity index (χ1) is 26.4. The Morgan fingerprint density at radius 2 is 1.40 bits per heavy atom. The van der Waals surface area contributed by atoms with Gasteiger partial charge < -0.3 is 14.1 Å². The Morgan fingerprint density at radius 3 is 2.04 bits per heavy atom. The minimum absolute atomic E-state index is 0.163. The number of anilines is 1. The van der Waals surface area contributed by atoms with Crippen molar-refractivity contribution >= 4 is 85.9 Å². The summed E-state index contributed by atoms with van der Waals surface area (Å²) in [5, 5.41) is 2.30. The molecule has 0 unspecified atom stereocenters. The van der Waals surface area contributed by atoms with Gasteiger partial charge in [0.05, 0.1) is 23.3 Å². The van der Waals surface area contributed by atoms with Crippen molar-refractivity contribution in [3.05, 3.63) is 120 Å². The highest BCUT2D eigenvalue weighted by molar-refractivity contribution is 7.86. The summed E-state index contributed by atoms with van der Waals surface area (Å²) in [4.78, 5) is 4.11. The van der Waals surface area contributed by atoms with Crippen LogP contribution in [0.1, 0.15) is 32.1 Å². The van der Waals surface area contributed by atoms with Crippen LogP contribution >= 0.6 is 22.7 Å². The van der Waals surface area contributed by atoms with Crippen molar-refractivity contribution in [1.29, 1.82) is 0 Å². The Morgan fingerprint density at radius 1 is 0.782 bits per heavy atom. The van der Waals surface area contributed by atoms with Gasteiger partial charge in [0.2, 0.25) is 11.5 Å². The highest BCUT2D eigenvalue weighted by Gasteiger charge is 2.29. The number of thiophene rings is 2. The van der Waals surface area contributed by atoms with Crippen molar-refractivity contribution in [3.63, 3.8) is 0 Å². The number of hydrogen-bond donors (Lipinski definition) is 2. The molecule has 282 valence electrons. The number of hydrogen-bond acceptors (Lipinski definition) is 9. The van der Waals surface area contributed by atoms with Crippen molar-refractivity contribution in [3.8, 4) is 26.6 Å². The summed E-state index contributed by atoms with van der Waals surface area (Å²) in [5.74, 6) is 0.812. The lowest BCUT2D eigenvalue weighted by atomic mass is 10.1. The molecule has 4 aromatic carbocycles. The molecule has 0 fully saturated rings. The predicted octanol–water partition coefficient (Wildman–Crippen LogP) is 9.57.